The fourth-order valence-electron chi connectivity index (χ4n) is 2.24. The predicted octanol–water partition coefficient (Wildman–Crippen LogP) is 3.88. The van der Waals surface area contributed by atoms with Gasteiger partial charge in [-0.05, 0) is 38.1 Å². The number of halogens is 1. The molecule has 2 rings (SSSR count). The number of hydrogen-bond donors (Lipinski definition) is 0. The number of nitrogens with zero attached hydrogens (tertiary/aromatic N) is 1. The molecule has 0 atom stereocenters. The highest BCUT2D eigenvalue weighted by molar-refractivity contribution is 7.92. The lowest BCUT2D eigenvalue weighted by molar-refractivity contribution is 0.0836. The lowest BCUT2D eigenvalue weighted by Crippen LogP contribution is -2.33. The van der Waals surface area contributed by atoms with Crippen LogP contribution in [0.25, 0.3) is 0 Å². The summed E-state index contributed by atoms with van der Waals surface area (Å²) >= 11 is 0. The van der Waals surface area contributed by atoms with E-state index in [1.807, 2.05) is 6.92 Å². The Morgan fingerprint density at radius 3 is 2.25 bits per heavy atom. The van der Waals surface area contributed by atoms with Crippen molar-refractivity contribution in [3.63, 3.8) is 0 Å². The summed E-state index contributed by atoms with van der Waals surface area (Å²) in [7, 11) is -3.97. The van der Waals surface area contributed by atoms with Crippen LogP contribution in [-0.2, 0) is 10.0 Å². The minimum absolute atomic E-state index is 0.00595. The van der Waals surface area contributed by atoms with E-state index in [4.69, 9.17) is 0 Å². The van der Waals surface area contributed by atoms with Gasteiger partial charge < -0.3 is 0 Å². The van der Waals surface area contributed by atoms with Crippen molar-refractivity contribution >= 4 is 21.7 Å². The van der Waals surface area contributed by atoms with Gasteiger partial charge in [0.25, 0.3) is 10.0 Å². The van der Waals surface area contributed by atoms with E-state index < -0.39 is 16.1 Å². The van der Waals surface area contributed by atoms with E-state index in [1.165, 1.54) is 30.3 Å². The minimum Gasteiger partial charge on any atom is -0.261 e. The maximum absolute atomic E-state index is 13.4. The molecule has 126 valence electrons. The second-order valence-corrected chi connectivity index (χ2v) is 7.44. The number of aryl methyl sites for hydroxylation is 1. The normalized spacial score (nSPS) is 11.1. The predicted molar refractivity (Wildman–Crippen MR) is 92.4 cm³/mol. The molecule has 0 saturated heterocycles. The minimum atomic E-state index is -3.97. The fraction of sp³-hybridized carbons (Fsp3) is 0.167. The highest BCUT2D eigenvalue weighted by atomic mass is 32.2. The molecule has 6 heteroatoms. The Bertz CT molecular complexity index is 873. The number of anilines is 1. The van der Waals surface area contributed by atoms with E-state index in [0.717, 1.165) is 9.87 Å². The summed E-state index contributed by atoms with van der Waals surface area (Å²) < 4.78 is 40.4. The summed E-state index contributed by atoms with van der Waals surface area (Å²) in [6.07, 6.45) is 0. The zero-order valence-electron chi connectivity index (χ0n) is 13.5. The number of hydrogen-bond acceptors (Lipinski definition) is 3. The van der Waals surface area contributed by atoms with Gasteiger partial charge in [0.2, 0.25) is 0 Å². The Morgan fingerprint density at radius 1 is 1.12 bits per heavy atom. The number of para-hydroxylation sites is 1. The molecule has 0 bridgehead atoms. The third kappa shape index (κ3) is 3.71. The van der Waals surface area contributed by atoms with Crippen molar-refractivity contribution in [2.45, 2.75) is 18.7 Å². The van der Waals surface area contributed by atoms with Gasteiger partial charge in [0.15, 0.2) is 0 Å². The molecule has 0 radical (unpaired) electrons. The van der Waals surface area contributed by atoms with Crippen LogP contribution in [0.1, 0.15) is 22.8 Å². The van der Waals surface area contributed by atoms with Gasteiger partial charge in [-0.3, -0.25) is 9.10 Å². The first-order valence-corrected chi connectivity index (χ1v) is 8.70. The van der Waals surface area contributed by atoms with Crippen molar-refractivity contribution in [2.24, 2.45) is 0 Å². The topological polar surface area (TPSA) is 54.5 Å². The van der Waals surface area contributed by atoms with Crippen LogP contribution in [0.2, 0.25) is 0 Å². The largest absolute Gasteiger partial charge is 0.334 e. The van der Waals surface area contributed by atoms with E-state index >= 15 is 0 Å². The molecule has 2 aromatic carbocycles. The number of carbonyl (C=O) groups is 1. The molecule has 2 aromatic rings. The molecule has 0 heterocycles. The molecule has 0 aliphatic carbocycles. The smallest absolute Gasteiger partial charge is 0.261 e. The molecule has 0 N–H and O–H groups in total. The number of benzene rings is 2. The molecular formula is C18H18FNO3S. The summed E-state index contributed by atoms with van der Waals surface area (Å²) in [5, 5.41) is 0. The van der Waals surface area contributed by atoms with E-state index in [2.05, 4.69) is 6.58 Å². The summed E-state index contributed by atoms with van der Waals surface area (Å²) in [4.78, 5) is 11.3. The van der Waals surface area contributed by atoms with E-state index in [9.17, 15) is 17.6 Å². The van der Waals surface area contributed by atoms with Crippen molar-refractivity contribution in [1.29, 1.82) is 0 Å². The van der Waals surface area contributed by atoms with Crippen molar-refractivity contribution in [3.05, 3.63) is 71.8 Å². The fourth-order valence-corrected chi connectivity index (χ4v) is 3.78. The second-order valence-electron chi connectivity index (χ2n) is 5.57. The average Bonchev–Trinajstić information content (AvgIpc) is 2.52. The van der Waals surface area contributed by atoms with Gasteiger partial charge in [-0.25, -0.2) is 8.42 Å². The van der Waals surface area contributed by atoms with Gasteiger partial charge >= 0.3 is 6.04 Å². The molecule has 0 aromatic heterocycles. The monoisotopic (exact) mass is 347 g/mol. The standard InChI is InChI=1S/C18H18FNO3S/c1-13(2)12-20(17-7-5-4-6-16(17)18(19)21)24(22,23)15-10-8-14(3)9-11-15/h4-11H,1,12H2,2-3H3. The summed E-state index contributed by atoms with van der Waals surface area (Å²) in [6.45, 7) is 7.19. The highest BCUT2D eigenvalue weighted by Crippen LogP contribution is 2.28. The van der Waals surface area contributed by atoms with Crippen LogP contribution in [0.15, 0.2) is 65.6 Å². The molecule has 0 spiro atoms. The van der Waals surface area contributed by atoms with Crippen LogP contribution in [0.3, 0.4) is 0 Å². The first kappa shape index (κ1) is 17.9. The third-order valence-corrected chi connectivity index (χ3v) is 5.18. The van der Waals surface area contributed by atoms with E-state index in [1.54, 1.807) is 25.1 Å². The van der Waals surface area contributed by atoms with Crippen molar-refractivity contribution in [3.8, 4) is 0 Å². The van der Waals surface area contributed by atoms with Crippen LogP contribution >= 0.6 is 0 Å². The zero-order chi connectivity index (χ0) is 17.9. The molecule has 0 unspecified atom stereocenters. The average molecular weight is 347 g/mol. The van der Waals surface area contributed by atoms with E-state index in [-0.39, 0.29) is 22.7 Å². The first-order chi connectivity index (χ1) is 11.2. The Morgan fingerprint density at radius 2 is 1.71 bits per heavy atom. The maximum atomic E-state index is 13.4. The van der Waals surface area contributed by atoms with Crippen LogP contribution in [-0.4, -0.2) is 21.0 Å². The Hall–Kier alpha value is -2.47. The van der Waals surface area contributed by atoms with Crippen LogP contribution in [0.5, 0.6) is 0 Å². The van der Waals surface area contributed by atoms with Crippen molar-refractivity contribution in [2.75, 3.05) is 10.8 Å². The van der Waals surface area contributed by atoms with Gasteiger partial charge in [-0.1, -0.05) is 42.0 Å². The maximum Gasteiger partial charge on any atom is 0.334 e. The van der Waals surface area contributed by atoms with Crippen LogP contribution in [0.4, 0.5) is 10.1 Å². The molecule has 0 aliphatic heterocycles. The summed E-state index contributed by atoms with van der Waals surface area (Å²) in [5.41, 5.74) is 1.18. The molecule has 24 heavy (non-hydrogen) atoms. The van der Waals surface area contributed by atoms with Crippen LogP contribution < -0.4 is 4.31 Å². The van der Waals surface area contributed by atoms with E-state index in [0.29, 0.717) is 5.57 Å². The molecule has 4 nitrogen and oxygen atoms in total. The van der Waals surface area contributed by atoms with Gasteiger partial charge in [0.05, 0.1) is 22.7 Å². The highest BCUT2D eigenvalue weighted by Gasteiger charge is 2.28. The SMILES string of the molecule is C=C(C)CN(c1ccccc1C(=O)F)S(=O)(=O)c1ccc(C)cc1. The third-order valence-electron chi connectivity index (χ3n) is 3.41. The van der Waals surface area contributed by atoms with Gasteiger partial charge in [0, 0.05) is 0 Å². The second kappa shape index (κ2) is 6.97. The molecule has 0 amide bonds. The number of carbonyl (C=O) groups excluding carboxylic acids is 1. The summed E-state index contributed by atoms with van der Waals surface area (Å²) in [5.74, 6) is 0. The van der Waals surface area contributed by atoms with Gasteiger partial charge in [-0.2, -0.15) is 4.39 Å². The molecule has 0 saturated carbocycles. The zero-order valence-corrected chi connectivity index (χ0v) is 14.3. The first-order valence-electron chi connectivity index (χ1n) is 7.26. The van der Waals surface area contributed by atoms with Crippen LogP contribution in [0, 0.1) is 6.92 Å². The molecule has 0 aliphatic rings. The quantitative estimate of drug-likeness (QED) is 0.589. The van der Waals surface area contributed by atoms with Gasteiger partial charge in [-0.15, -0.1) is 0 Å². The summed E-state index contributed by atoms with van der Waals surface area (Å²) in [6, 6.07) is 10.3. The van der Waals surface area contributed by atoms with Crippen molar-refractivity contribution in [1.82, 2.24) is 0 Å². The molecule has 0 fully saturated rings. The Balaban J connectivity index is 2.63. The van der Waals surface area contributed by atoms with Gasteiger partial charge in [0.1, 0.15) is 0 Å². The lowest BCUT2D eigenvalue weighted by Gasteiger charge is -2.26. The molecular weight excluding hydrogens is 329 g/mol. The Labute approximate surface area is 141 Å². The Kier molecular flexibility index (Phi) is 5.19. The van der Waals surface area contributed by atoms with Crippen molar-refractivity contribution < 1.29 is 17.6 Å². The number of sulfonamides is 1. The number of rotatable bonds is 6. The lowest BCUT2D eigenvalue weighted by atomic mass is 10.2.